The van der Waals surface area contributed by atoms with Crippen LogP contribution >= 0.6 is 46.3 Å². The Bertz CT molecular complexity index is 808. The van der Waals surface area contributed by atoms with Gasteiger partial charge in [-0.05, 0) is 12.1 Å². The van der Waals surface area contributed by atoms with E-state index in [-0.39, 0.29) is 5.56 Å². The highest BCUT2D eigenvalue weighted by Crippen LogP contribution is 2.35. The molecular formula is C13H8Cl2N2OS2. The van der Waals surface area contributed by atoms with Crippen LogP contribution in [0.15, 0.2) is 45.5 Å². The van der Waals surface area contributed by atoms with Crippen LogP contribution in [0.4, 0.5) is 0 Å². The Morgan fingerprint density at radius 1 is 1.30 bits per heavy atom. The summed E-state index contributed by atoms with van der Waals surface area (Å²) >= 11 is 15.1. The zero-order valence-electron chi connectivity index (χ0n) is 10.0. The summed E-state index contributed by atoms with van der Waals surface area (Å²) < 4.78 is 1.53. The van der Waals surface area contributed by atoms with Gasteiger partial charge < -0.3 is 0 Å². The monoisotopic (exact) mass is 342 g/mol. The van der Waals surface area contributed by atoms with Gasteiger partial charge in [0.05, 0.1) is 15.7 Å². The quantitative estimate of drug-likeness (QED) is 0.663. The molecule has 0 spiro atoms. The van der Waals surface area contributed by atoms with Crippen molar-refractivity contribution in [3.63, 3.8) is 0 Å². The van der Waals surface area contributed by atoms with Crippen LogP contribution in [0.3, 0.4) is 0 Å². The lowest BCUT2D eigenvalue weighted by molar-refractivity contribution is 1.04. The fraction of sp³-hybridized carbons (Fsp3) is 0.0769. The number of thioether (sulfide) groups is 1. The maximum atomic E-state index is 11.9. The first-order valence-corrected chi connectivity index (χ1v) is 8.30. The van der Waals surface area contributed by atoms with Gasteiger partial charge in [-0.2, -0.15) is 0 Å². The first-order chi connectivity index (χ1) is 9.65. The van der Waals surface area contributed by atoms with E-state index in [4.69, 9.17) is 23.2 Å². The van der Waals surface area contributed by atoms with Crippen LogP contribution in [0.25, 0.3) is 4.96 Å². The van der Waals surface area contributed by atoms with Gasteiger partial charge in [-0.1, -0.05) is 29.3 Å². The summed E-state index contributed by atoms with van der Waals surface area (Å²) in [5, 5.41) is 3.05. The van der Waals surface area contributed by atoms with Gasteiger partial charge in [-0.25, -0.2) is 4.98 Å². The number of nitrogens with zero attached hydrogens (tertiary/aromatic N) is 2. The fourth-order valence-corrected chi connectivity index (χ4v) is 4.04. The highest BCUT2D eigenvalue weighted by Gasteiger charge is 2.08. The van der Waals surface area contributed by atoms with Gasteiger partial charge in [-0.15, -0.1) is 23.1 Å². The number of benzene rings is 1. The van der Waals surface area contributed by atoms with Crippen LogP contribution in [0.1, 0.15) is 5.69 Å². The molecule has 2 aromatic heterocycles. The molecule has 0 aliphatic heterocycles. The number of hydrogen-bond acceptors (Lipinski definition) is 4. The van der Waals surface area contributed by atoms with Gasteiger partial charge in [0.15, 0.2) is 4.96 Å². The summed E-state index contributed by atoms with van der Waals surface area (Å²) in [5.41, 5.74) is 0.649. The van der Waals surface area contributed by atoms with Crippen LogP contribution < -0.4 is 5.56 Å². The molecule has 2 heterocycles. The summed E-state index contributed by atoms with van der Waals surface area (Å²) in [6, 6.07) is 6.93. The zero-order valence-corrected chi connectivity index (χ0v) is 13.2. The van der Waals surface area contributed by atoms with E-state index in [0.29, 0.717) is 20.8 Å². The van der Waals surface area contributed by atoms with E-state index in [0.717, 1.165) is 10.6 Å². The Morgan fingerprint density at radius 3 is 2.80 bits per heavy atom. The smallest absolute Gasteiger partial charge is 0.258 e. The van der Waals surface area contributed by atoms with Crippen LogP contribution in [-0.4, -0.2) is 9.38 Å². The number of thiazole rings is 1. The lowest BCUT2D eigenvalue weighted by Gasteiger charge is -2.06. The molecule has 0 saturated heterocycles. The van der Waals surface area contributed by atoms with Gasteiger partial charge in [0, 0.05) is 28.3 Å². The summed E-state index contributed by atoms with van der Waals surface area (Å²) in [6.45, 7) is 0. The number of rotatable bonds is 3. The Kier molecular flexibility index (Phi) is 4.03. The van der Waals surface area contributed by atoms with E-state index in [9.17, 15) is 4.79 Å². The first-order valence-electron chi connectivity index (χ1n) is 5.68. The Labute approximate surface area is 133 Å². The lowest BCUT2D eigenvalue weighted by Crippen LogP contribution is -2.12. The number of halogens is 2. The van der Waals surface area contributed by atoms with Gasteiger partial charge >= 0.3 is 0 Å². The molecule has 20 heavy (non-hydrogen) atoms. The van der Waals surface area contributed by atoms with E-state index < -0.39 is 0 Å². The van der Waals surface area contributed by atoms with E-state index >= 15 is 0 Å². The topological polar surface area (TPSA) is 34.4 Å². The standard InChI is InChI=1S/C13H8Cl2N2OS2/c14-9-2-1-3-10(15)12(9)20-7-8-6-11(18)17-4-5-19-13(17)16-8/h1-6H,7H2. The van der Waals surface area contributed by atoms with E-state index in [2.05, 4.69) is 4.98 Å². The molecule has 0 atom stereocenters. The maximum absolute atomic E-state index is 11.9. The molecule has 102 valence electrons. The molecule has 0 saturated carbocycles. The second-order valence-electron chi connectivity index (χ2n) is 3.98. The largest absolute Gasteiger partial charge is 0.269 e. The molecule has 0 aliphatic carbocycles. The second-order valence-corrected chi connectivity index (χ2v) is 6.65. The van der Waals surface area contributed by atoms with E-state index in [1.807, 2.05) is 5.38 Å². The van der Waals surface area contributed by atoms with E-state index in [1.165, 1.54) is 33.6 Å². The van der Waals surface area contributed by atoms with Crippen molar-refractivity contribution in [3.05, 3.63) is 61.9 Å². The Hall–Kier alpha value is -1.01. The fourth-order valence-electron chi connectivity index (χ4n) is 1.73. The highest BCUT2D eigenvalue weighted by molar-refractivity contribution is 7.98. The molecule has 3 rings (SSSR count). The molecular weight excluding hydrogens is 335 g/mol. The normalized spacial score (nSPS) is 11.1. The molecule has 0 N–H and O–H groups in total. The van der Waals surface area contributed by atoms with Crippen molar-refractivity contribution in [2.45, 2.75) is 10.6 Å². The minimum absolute atomic E-state index is 0.0721. The molecule has 3 aromatic rings. The predicted molar refractivity (Wildman–Crippen MR) is 85.4 cm³/mol. The summed E-state index contributed by atoms with van der Waals surface area (Å²) in [7, 11) is 0. The summed E-state index contributed by atoms with van der Waals surface area (Å²) in [6.07, 6.45) is 1.72. The van der Waals surface area contributed by atoms with Crippen molar-refractivity contribution in [3.8, 4) is 0 Å². The third-order valence-corrected chi connectivity index (χ3v) is 5.42. The number of hydrogen-bond donors (Lipinski definition) is 0. The summed E-state index contributed by atoms with van der Waals surface area (Å²) in [5.74, 6) is 0.549. The third-order valence-electron chi connectivity index (χ3n) is 2.64. The number of fused-ring (bicyclic) bond motifs is 1. The van der Waals surface area contributed by atoms with Crippen LogP contribution in [0.5, 0.6) is 0 Å². The zero-order chi connectivity index (χ0) is 14.1. The SMILES string of the molecule is O=c1cc(CSc2c(Cl)cccc2Cl)nc2sccn12. The first kappa shape index (κ1) is 13.9. The molecule has 0 aliphatic rings. The molecule has 0 fully saturated rings. The molecule has 1 aromatic carbocycles. The van der Waals surface area contributed by atoms with Crippen molar-refractivity contribution in [1.29, 1.82) is 0 Å². The van der Waals surface area contributed by atoms with E-state index in [1.54, 1.807) is 24.4 Å². The van der Waals surface area contributed by atoms with Gasteiger partial charge in [0.25, 0.3) is 5.56 Å². The predicted octanol–water partition coefficient (Wildman–Crippen LogP) is 4.36. The van der Waals surface area contributed by atoms with Crippen molar-refractivity contribution in [2.24, 2.45) is 0 Å². The average molecular weight is 343 g/mol. The van der Waals surface area contributed by atoms with Crippen LogP contribution in [0.2, 0.25) is 10.0 Å². The Balaban J connectivity index is 1.88. The molecule has 0 unspecified atom stereocenters. The Morgan fingerprint density at radius 2 is 2.05 bits per heavy atom. The second kappa shape index (κ2) is 5.77. The van der Waals surface area contributed by atoms with Crippen molar-refractivity contribution < 1.29 is 0 Å². The van der Waals surface area contributed by atoms with Gasteiger partial charge in [0.2, 0.25) is 0 Å². The van der Waals surface area contributed by atoms with Crippen molar-refractivity contribution in [2.75, 3.05) is 0 Å². The summed E-state index contributed by atoms with van der Waals surface area (Å²) in [4.78, 5) is 17.8. The van der Waals surface area contributed by atoms with Crippen LogP contribution in [0, 0.1) is 0 Å². The van der Waals surface area contributed by atoms with Gasteiger partial charge in [0.1, 0.15) is 0 Å². The highest BCUT2D eigenvalue weighted by atomic mass is 35.5. The molecule has 0 radical (unpaired) electrons. The minimum Gasteiger partial charge on any atom is -0.269 e. The van der Waals surface area contributed by atoms with Gasteiger partial charge in [-0.3, -0.25) is 9.20 Å². The minimum atomic E-state index is -0.0721. The number of aromatic nitrogens is 2. The molecule has 7 heteroatoms. The van der Waals surface area contributed by atoms with Crippen molar-refractivity contribution in [1.82, 2.24) is 9.38 Å². The van der Waals surface area contributed by atoms with Crippen molar-refractivity contribution >= 4 is 51.3 Å². The molecule has 3 nitrogen and oxygen atoms in total. The average Bonchev–Trinajstić information content (AvgIpc) is 2.87. The molecule has 0 amide bonds. The van der Waals surface area contributed by atoms with Crippen LogP contribution in [-0.2, 0) is 5.75 Å². The lowest BCUT2D eigenvalue weighted by atomic mass is 10.4. The maximum Gasteiger partial charge on any atom is 0.258 e. The molecule has 0 bridgehead atoms. The third kappa shape index (κ3) is 2.72.